The first-order valence-corrected chi connectivity index (χ1v) is 9.91. The SMILES string of the molecule is COc1ccc(-c2nnc(Sc3ccc(NC(C)=O)cc3)c3ccccc23)cc1. The molecule has 0 aliphatic heterocycles. The minimum Gasteiger partial charge on any atom is -0.497 e. The molecule has 0 radical (unpaired) electrons. The maximum atomic E-state index is 11.2. The van der Waals surface area contributed by atoms with E-state index in [0.29, 0.717) is 0 Å². The van der Waals surface area contributed by atoms with Crippen molar-refractivity contribution < 1.29 is 9.53 Å². The normalized spacial score (nSPS) is 10.7. The number of nitrogens with zero attached hydrogens (tertiary/aromatic N) is 2. The summed E-state index contributed by atoms with van der Waals surface area (Å²) in [7, 11) is 1.65. The van der Waals surface area contributed by atoms with Crippen molar-refractivity contribution in [1.82, 2.24) is 10.2 Å². The third-order valence-corrected chi connectivity index (χ3v) is 5.41. The lowest BCUT2D eigenvalue weighted by Crippen LogP contribution is -2.05. The van der Waals surface area contributed by atoms with E-state index in [1.807, 2.05) is 60.7 Å². The van der Waals surface area contributed by atoms with Crippen molar-refractivity contribution in [2.75, 3.05) is 12.4 Å². The highest BCUT2D eigenvalue weighted by atomic mass is 32.2. The quantitative estimate of drug-likeness (QED) is 0.484. The van der Waals surface area contributed by atoms with Gasteiger partial charge in [0.1, 0.15) is 16.5 Å². The molecule has 1 N–H and O–H groups in total. The van der Waals surface area contributed by atoms with Gasteiger partial charge >= 0.3 is 0 Å². The molecular weight excluding hydrogens is 382 g/mol. The molecule has 4 aromatic rings. The van der Waals surface area contributed by atoms with E-state index in [1.165, 1.54) is 6.92 Å². The van der Waals surface area contributed by atoms with E-state index in [1.54, 1.807) is 18.9 Å². The summed E-state index contributed by atoms with van der Waals surface area (Å²) in [5.74, 6) is 0.720. The monoisotopic (exact) mass is 401 g/mol. The third-order valence-electron chi connectivity index (χ3n) is 4.41. The number of aromatic nitrogens is 2. The van der Waals surface area contributed by atoms with E-state index in [0.717, 1.165) is 43.4 Å². The Kier molecular flexibility index (Phi) is 5.44. The van der Waals surface area contributed by atoms with Crippen molar-refractivity contribution >= 4 is 34.1 Å². The lowest BCUT2D eigenvalue weighted by atomic mass is 10.1. The second kappa shape index (κ2) is 8.32. The van der Waals surface area contributed by atoms with Gasteiger partial charge in [0.15, 0.2) is 0 Å². The zero-order chi connectivity index (χ0) is 20.2. The molecule has 0 aliphatic rings. The minimum atomic E-state index is -0.0867. The largest absolute Gasteiger partial charge is 0.497 e. The van der Waals surface area contributed by atoms with Crippen LogP contribution in [0.25, 0.3) is 22.0 Å². The lowest BCUT2D eigenvalue weighted by Gasteiger charge is -2.10. The van der Waals surface area contributed by atoms with Gasteiger partial charge in [0.2, 0.25) is 5.91 Å². The van der Waals surface area contributed by atoms with Crippen molar-refractivity contribution in [2.45, 2.75) is 16.8 Å². The summed E-state index contributed by atoms with van der Waals surface area (Å²) < 4.78 is 5.25. The highest BCUT2D eigenvalue weighted by molar-refractivity contribution is 7.99. The molecule has 0 saturated carbocycles. The maximum absolute atomic E-state index is 11.2. The van der Waals surface area contributed by atoms with E-state index in [-0.39, 0.29) is 5.91 Å². The molecule has 0 aliphatic carbocycles. The molecule has 1 heterocycles. The van der Waals surface area contributed by atoms with E-state index in [9.17, 15) is 4.79 Å². The van der Waals surface area contributed by atoms with Crippen LogP contribution in [0.1, 0.15) is 6.92 Å². The standard InChI is InChI=1S/C23H19N3O2S/c1-15(27)24-17-9-13-19(14-10-17)29-23-21-6-4-3-5-20(21)22(25-26-23)16-7-11-18(28-2)12-8-16/h3-14H,1-2H3,(H,24,27). The number of nitrogens with one attached hydrogen (secondary N) is 1. The van der Waals surface area contributed by atoms with Crippen molar-refractivity contribution in [3.8, 4) is 17.0 Å². The Morgan fingerprint density at radius 1 is 0.897 bits per heavy atom. The number of carbonyl (C=O) groups excluding carboxylic acids is 1. The molecule has 0 bridgehead atoms. The Morgan fingerprint density at radius 3 is 2.24 bits per heavy atom. The van der Waals surface area contributed by atoms with Crippen LogP contribution in [-0.2, 0) is 4.79 Å². The van der Waals surface area contributed by atoms with Gasteiger partial charge in [0.25, 0.3) is 0 Å². The highest BCUT2D eigenvalue weighted by Gasteiger charge is 2.12. The van der Waals surface area contributed by atoms with Crippen LogP contribution < -0.4 is 10.1 Å². The number of rotatable bonds is 5. The fraction of sp³-hybridized carbons (Fsp3) is 0.0870. The molecule has 0 atom stereocenters. The van der Waals surface area contributed by atoms with Gasteiger partial charge in [0.05, 0.1) is 7.11 Å². The van der Waals surface area contributed by atoms with Crippen LogP contribution in [0.4, 0.5) is 5.69 Å². The van der Waals surface area contributed by atoms with Crippen molar-refractivity contribution in [3.63, 3.8) is 0 Å². The Hall–Kier alpha value is -3.38. The smallest absolute Gasteiger partial charge is 0.221 e. The molecule has 6 heteroatoms. The number of hydrogen-bond acceptors (Lipinski definition) is 5. The number of anilines is 1. The number of methoxy groups -OCH3 is 1. The number of fused-ring (bicyclic) bond motifs is 1. The Bertz CT molecular complexity index is 1160. The van der Waals surface area contributed by atoms with Crippen molar-refractivity contribution in [3.05, 3.63) is 72.8 Å². The fourth-order valence-corrected chi connectivity index (χ4v) is 3.90. The first-order chi connectivity index (χ1) is 14.1. The van der Waals surface area contributed by atoms with Crippen LogP contribution in [0.15, 0.2) is 82.7 Å². The molecule has 0 saturated heterocycles. The zero-order valence-electron chi connectivity index (χ0n) is 16.0. The number of carbonyl (C=O) groups is 1. The number of ether oxygens (including phenoxy) is 1. The van der Waals surface area contributed by atoms with E-state index >= 15 is 0 Å². The minimum absolute atomic E-state index is 0.0867. The molecule has 0 fully saturated rings. The summed E-state index contributed by atoms with van der Waals surface area (Å²) >= 11 is 1.55. The molecule has 0 unspecified atom stereocenters. The van der Waals surface area contributed by atoms with E-state index in [2.05, 4.69) is 27.6 Å². The summed E-state index contributed by atoms with van der Waals surface area (Å²) in [5, 5.41) is 14.7. The fourth-order valence-electron chi connectivity index (χ4n) is 3.04. The van der Waals surface area contributed by atoms with Gasteiger partial charge in [-0.15, -0.1) is 10.2 Å². The number of hydrogen-bond donors (Lipinski definition) is 1. The first kappa shape index (κ1) is 19.0. The summed E-state index contributed by atoms with van der Waals surface area (Å²) in [4.78, 5) is 12.2. The summed E-state index contributed by atoms with van der Waals surface area (Å²) in [6.07, 6.45) is 0. The second-order valence-electron chi connectivity index (χ2n) is 6.44. The van der Waals surface area contributed by atoms with Gasteiger partial charge < -0.3 is 10.1 Å². The molecule has 144 valence electrons. The number of amides is 1. The molecule has 29 heavy (non-hydrogen) atoms. The van der Waals surface area contributed by atoms with Gasteiger partial charge in [-0.05, 0) is 48.5 Å². The van der Waals surface area contributed by atoms with E-state index < -0.39 is 0 Å². The average molecular weight is 401 g/mol. The Labute approximate surface area is 173 Å². The topological polar surface area (TPSA) is 64.1 Å². The average Bonchev–Trinajstić information content (AvgIpc) is 2.75. The van der Waals surface area contributed by atoms with Gasteiger partial charge in [-0.3, -0.25) is 4.79 Å². The summed E-state index contributed by atoms with van der Waals surface area (Å²) in [6.45, 7) is 1.49. The Balaban J connectivity index is 1.68. The molecule has 3 aromatic carbocycles. The van der Waals surface area contributed by atoms with Crippen LogP contribution in [0, 0.1) is 0 Å². The first-order valence-electron chi connectivity index (χ1n) is 9.09. The van der Waals surface area contributed by atoms with Gasteiger partial charge in [-0.2, -0.15) is 0 Å². The predicted molar refractivity (Wildman–Crippen MR) is 116 cm³/mol. The predicted octanol–water partition coefficient (Wildman–Crippen LogP) is 5.42. The van der Waals surface area contributed by atoms with Crippen molar-refractivity contribution in [2.24, 2.45) is 0 Å². The zero-order valence-corrected chi connectivity index (χ0v) is 16.9. The van der Waals surface area contributed by atoms with Crippen LogP contribution in [0.3, 0.4) is 0 Å². The van der Waals surface area contributed by atoms with Crippen LogP contribution >= 0.6 is 11.8 Å². The third kappa shape index (κ3) is 4.22. The molecule has 0 spiro atoms. The molecule has 5 nitrogen and oxygen atoms in total. The second-order valence-corrected chi connectivity index (χ2v) is 7.50. The van der Waals surface area contributed by atoms with Crippen LogP contribution in [-0.4, -0.2) is 23.2 Å². The van der Waals surface area contributed by atoms with Gasteiger partial charge in [-0.1, -0.05) is 36.0 Å². The van der Waals surface area contributed by atoms with Crippen LogP contribution in [0.2, 0.25) is 0 Å². The molecule has 4 rings (SSSR count). The summed E-state index contributed by atoms with van der Waals surface area (Å²) in [5.41, 5.74) is 2.60. The van der Waals surface area contributed by atoms with Crippen molar-refractivity contribution in [1.29, 1.82) is 0 Å². The lowest BCUT2D eigenvalue weighted by molar-refractivity contribution is -0.114. The van der Waals surface area contributed by atoms with Gasteiger partial charge in [-0.25, -0.2) is 0 Å². The summed E-state index contributed by atoms with van der Waals surface area (Å²) in [6, 6.07) is 23.6. The Morgan fingerprint density at radius 2 is 1.59 bits per heavy atom. The number of benzene rings is 3. The van der Waals surface area contributed by atoms with Crippen LogP contribution in [0.5, 0.6) is 5.75 Å². The maximum Gasteiger partial charge on any atom is 0.221 e. The highest BCUT2D eigenvalue weighted by Crippen LogP contribution is 2.35. The van der Waals surface area contributed by atoms with Gasteiger partial charge in [0, 0.05) is 33.8 Å². The molecular formula is C23H19N3O2S. The molecule has 1 amide bonds. The molecule has 1 aromatic heterocycles. The van der Waals surface area contributed by atoms with E-state index in [4.69, 9.17) is 4.74 Å².